The third-order valence-corrected chi connectivity index (χ3v) is 8.40. The average molecular weight is 483 g/mol. The van der Waals surface area contributed by atoms with Crippen LogP contribution >= 0.6 is 27.7 Å². The minimum absolute atomic E-state index is 0.0475. The molecule has 2 aromatic carbocycles. The zero-order chi connectivity index (χ0) is 19.9. The van der Waals surface area contributed by atoms with Crippen molar-refractivity contribution in [2.75, 3.05) is 16.4 Å². The molecule has 2 heterocycles. The summed E-state index contributed by atoms with van der Waals surface area (Å²) in [6, 6.07) is 13.0. The maximum atomic E-state index is 13.0. The number of anilines is 1. The van der Waals surface area contributed by atoms with E-state index in [0.29, 0.717) is 10.7 Å². The van der Waals surface area contributed by atoms with Gasteiger partial charge in [0.15, 0.2) is 15.0 Å². The van der Waals surface area contributed by atoms with Crippen molar-refractivity contribution in [3.05, 3.63) is 64.4 Å². The van der Waals surface area contributed by atoms with Crippen molar-refractivity contribution in [3.63, 3.8) is 0 Å². The Labute approximate surface area is 175 Å². The van der Waals surface area contributed by atoms with Gasteiger partial charge in [-0.1, -0.05) is 39.8 Å². The van der Waals surface area contributed by atoms with Gasteiger partial charge >= 0.3 is 0 Å². The van der Waals surface area contributed by atoms with Crippen molar-refractivity contribution >= 4 is 54.3 Å². The lowest BCUT2D eigenvalue weighted by Crippen LogP contribution is -2.37. The van der Waals surface area contributed by atoms with Crippen LogP contribution in [0.2, 0.25) is 0 Å². The third kappa shape index (κ3) is 4.16. The fourth-order valence-corrected chi connectivity index (χ4v) is 7.59. The molecule has 2 saturated heterocycles. The number of hydrogen-bond acceptors (Lipinski definition) is 4. The van der Waals surface area contributed by atoms with Crippen LogP contribution < -0.4 is 4.90 Å². The summed E-state index contributed by atoms with van der Waals surface area (Å²) < 4.78 is 38.1. The maximum absolute atomic E-state index is 13.0. The molecule has 146 valence electrons. The molecule has 0 saturated carbocycles. The molecule has 0 radical (unpaired) electrons. The van der Waals surface area contributed by atoms with E-state index in [2.05, 4.69) is 20.9 Å². The van der Waals surface area contributed by atoms with Crippen LogP contribution in [0.5, 0.6) is 0 Å². The number of halogens is 2. The van der Waals surface area contributed by atoms with Crippen LogP contribution in [0, 0.1) is 5.82 Å². The van der Waals surface area contributed by atoms with E-state index >= 15 is 0 Å². The predicted molar refractivity (Wildman–Crippen MR) is 113 cm³/mol. The van der Waals surface area contributed by atoms with E-state index in [4.69, 9.17) is 0 Å². The first-order valence-corrected chi connectivity index (χ1v) is 12.1. The molecule has 1 amide bonds. The Morgan fingerprint density at radius 3 is 2.50 bits per heavy atom. The Bertz CT molecular complexity index is 1040. The Balaban J connectivity index is 1.62. The first-order chi connectivity index (χ1) is 13.3. The van der Waals surface area contributed by atoms with E-state index in [9.17, 15) is 17.6 Å². The van der Waals surface area contributed by atoms with Crippen molar-refractivity contribution in [2.45, 2.75) is 17.7 Å². The quantitative estimate of drug-likeness (QED) is 0.670. The van der Waals surface area contributed by atoms with Crippen LogP contribution in [0.3, 0.4) is 0 Å². The Morgan fingerprint density at radius 2 is 1.82 bits per heavy atom. The maximum Gasteiger partial charge on any atom is 0.252 e. The summed E-state index contributed by atoms with van der Waals surface area (Å²) in [4.78, 5) is 18.6. The molecular weight excluding hydrogens is 467 g/mol. The minimum atomic E-state index is -3.11. The minimum Gasteiger partial charge on any atom is -0.316 e. The van der Waals surface area contributed by atoms with E-state index in [1.807, 2.05) is 29.2 Å². The summed E-state index contributed by atoms with van der Waals surface area (Å²) in [6.45, 7) is 0. The number of sulfone groups is 1. The predicted octanol–water partition coefficient (Wildman–Crippen LogP) is 3.43. The van der Waals surface area contributed by atoms with Gasteiger partial charge in [0.25, 0.3) is 5.91 Å². The Kier molecular flexibility index (Phi) is 5.32. The van der Waals surface area contributed by atoms with Gasteiger partial charge in [0.05, 0.1) is 24.0 Å². The highest BCUT2D eigenvalue weighted by molar-refractivity contribution is 9.10. The van der Waals surface area contributed by atoms with Crippen LogP contribution in [-0.4, -0.2) is 42.3 Å². The standard InChI is InChI=1S/C19H16BrFN2O3S2/c20-13-3-7-15(8-4-13)23-16-10-28(25,26)11-17(16)27-19(23)22-18(24)9-12-1-5-14(21)6-2-12/h1-8,16-17H,9-11H2. The molecule has 28 heavy (non-hydrogen) atoms. The highest BCUT2D eigenvalue weighted by Crippen LogP contribution is 2.41. The Morgan fingerprint density at radius 1 is 1.14 bits per heavy atom. The fourth-order valence-electron chi connectivity index (χ4n) is 3.39. The van der Waals surface area contributed by atoms with E-state index in [0.717, 1.165) is 10.2 Å². The number of aliphatic imine (C=N–C) groups is 1. The molecule has 2 unspecified atom stereocenters. The molecule has 2 fully saturated rings. The number of nitrogens with zero attached hydrogens (tertiary/aromatic N) is 2. The molecule has 0 N–H and O–H groups in total. The van der Waals surface area contributed by atoms with Gasteiger partial charge in [0.2, 0.25) is 0 Å². The number of fused-ring (bicyclic) bond motifs is 1. The molecule has 2 aliphatic rings. The van der Waals surface area contributed by atoms with Gasteiger partial charge in [0, 0.05) is 15.4 Å². The number of carbonyl (C=O) groups is 1. The van der Waals surface area contributed by atoms with E-state index < -0.39 is 9.84 Å². The van der Waals surface area contributed by atoms with Gasteiger partial charge in [-0.15, -0.1) is 0 Å². The summed E-state index contributed by atoms with van der Waals surface area (Å²) in [5, 5.41) is 0.366. The summed E-state index contributed by atoms with van der Waals surface area (Å²) >= 11 is 4.73. The summed E-state index contributed by atoms with van der Waals surface area (Å²) in [6.07, 6.45) is 0.0617. The lowest BCUT2D eigenvalue weighted by atomic mass is 10.1. The van der Waals surface area contributed by atoms with Crippen molar-refractivity contribution in [1.82, 2.24) is 0 Å². The largest absolute Gasteiger partial charge is 0.316 e. The zero-order valence-corrected chi connectivity index (χ0v) is 17.8. The monoisotopic (exact) mass is 482 g/mol. The number of benzene rings is 2. The number of amidine groups is 1. The third-order valence-electron chi connectivity index (χ3n) is 4.66. The van der Waals surface area contributed by atoms with Crippen LogP contribution in [0.15, 0.2) is 58.0 Å². The van der Waals surface area contributed by atoms with Gasteiger partial charge in [0.1, 0.15) is 5.82 Å². The first kappa shape index (κ1) is 19.6. The molecule has 5 nitrogen and oxygen atoms in total. The molecule has 9 heteroatoms. The van der Waals surface area contributed by atoms with Crippen LogP contribution in [-0.2, 0) is 21.1 Å². The molecule has 2 atom stereocenters. The average Bonchev–Trinajstić information content (AvgIpc) is 3.09. The molecule has 0 aromatic heterocycles. The summed E-state index contributed by atoms with van der Waals surface area (Å²) in [5.74, 6) is -0.574. The lowest BCUT2D eigenvalue weighted by molar-refractivity contribution is -0.117. The number of rotatable bonds is 3. The van der Waals surface area contributed by atoms with Gasteiger partial charge in [-0.3, -0.25) is 4.79 Å². The SMILES string of the molecule is O=C(Cc1ccc(F)cc1)N=C1SC2CS(=O)(=O)CC2N1c1ccc(Br)cc1. The zero-order valence-electron chi connectivity index (χ0n) is 14.6. The Hall–Kier alpha value is -1.71. The van der Waals surface area contributed by atoms with Gasteiger partial charge < -0.3 is 4.90 Å². The number of hydrogen-bond donors (Lipinski definition) is 0. The molecule has 4 rings (SSSR count). The van der Waals surface area contributed by atoms with Crippen molar-refractivity contribution < 1.29 is 17.6 Å². The molecule has 2 aliphatic heterocycles. The molecular formula is C19H16BrFN2O3S2. The molecule has 2 aromatic rings. The smallest absolute Gasteiger partial charge is 0.252 e. The topological polar surface area (TPSA) is 66.8 Å². The van der Waals surface area contributed by atoms with Crippen molar-refractivity contribution in [2.24, 2.45) is 4.99 Å². The highest BCUT2D eigenvalue weighted by atomic mass is 79.9. The van der Waals surface area contributed by atoms with Gasteiger partial charge in [-0.05, 0) is 42.0 Å². The fraction of sp³-hybridized carbons (Fsp3) is 0.263. The normalized spacial score (nSPS) is 24.5. The van der Waals surface area contributed by atoms with Gasteiger partial charge in [-0.25, -0.2) is 12.8 Å². The molecule has 0 spiro atoms. The molecule has 0 aliphatic carbocycles. The van der Waals surface area contributed by atoms with E-state index in [1.54, 1.807) is 12.1 Å². The second kappa shape index (κ2) is 7.61. The lowest BCUT2D eigenvalue weighted by Gasteiger charge is -2.24. The number of carbonyl (C=O) groups excluding carboxylic acids is 1. The van der Waals surface area contributed by atoms with Gasteiger partial charge in [-0.2, -0.15) is 4.99 Å². The number of amides is 1. The van der Waals surface area contributed by atoms with Crippen LogP contribution in [0.4, 0.5) is 10.1 Å². The van der Waals surface area contributed by atoms with Crippen LogP contribution in [0.1, 0.15) is 5.56 Å². The number of thioether (sulfide) groups is 1. The van der Waals surface area contributed by atoms with Crippen LogP contribution in [0.25, 0.3) is 0 Å². The highest BCUT2D eigenvalue weighted by Gasteiger charge is 2.49. The second-order valence-electron chi connectivity index (χ2n) is 6.74. The van der Waals surface area contributed by atoms with Crippen molar-refractivity contribution in [3.8, 4) is 0 Å². The summed E-state index contributed by atoms with van der Waals surface area (Å²) in [7, 11) is -3.11. The second-order valence-corrected chi connectivity index (χ2v) is 11.0. The van der Waals surface area contributed by atoms with E-state index in [1.165, 1.54) is 23.9 Å². The first-order valence-electron chi connectivity index (χ1n) is 8.58. The van der Waals surface area contributed by atoms with Crippen molar-refractivity contribution in [1.29, 1.82) is 0 Å². The summed E-state index contributed by atoms with van der Waals surface area (Å²) in [5.41, 5.74) is 1.48. The van der Waals surface area contributed by atoms with E-state index in [-0.39, 0.29) is 40.9 Å². The molecule has 0 bridgehead atoms.